The van der Waals surface area contributed by atoms with Crippen LogP contribution >= 0.6 is 0 Å². The summed E-state index contributed by atoms with van der Waals surface area (Å²) < 4.78 is 13.1. The molecule has 80 valence electrons. The maximum Gasteiger partial charge on any atom is 0.253 e. The van der Waals surface area contributed by atoms with Gasteiger partial charge in [-0.3, -0.25) is 4.79 Å². The predicted octanol–water partition coefficient (Wildman–Crippen LogP) is 1.50. The molecule has 15 heavy (non-hydrogen) atoms. The maximum absolute atomic E-state index is 13.1. The highest BCUT2D eigenvalue weighted by Crippen LogP contribution is 2.19. The summed E-state index contributed by atoms with van der Waals surface area (Å²) in [5, 5.41) is 0. The van der Waals surface area contributed by atoms with E-state index in [4.69, 9.17) is 5.73 Å². The minimum atomic E-state index is -0.533. The summed E-state index contributed by atoms with van der Waals surface area (Å²) in [5.74, 6) is -0.103. The predicted molar refractivity (Wildman–Crippen MR) is 55.9 cm³/mol. The van der Waals surface area contributed by atoms with E-state index < -0.39 is 5.82 Å². The van der Waals surface area contributed by atoms with Crippen LogP contribution in [0.3, 0.4) is 0 Å². The van der Waals surface area contributed by atoms with Gasteiger partial charge in [-0.05, 0) is 24.1 Å². The number of anilines is 1. The van der Waals surface area contributed by atoms with Gasteiger partial charge in [0, 0.05) is 18.7 Å². The van der Waals surface area contributed by atoms with Crippen LogP contribution in [0.5, 0.6) is 0 Å². The Bertz CT molecular complexity index is 400. The molecule has 2 N–H and O–H groups in total. The molecule has 0 spiro atoms. The van der Waals surface area contributed by atoms with E-state index in [-0.39, 0.29) is 11.6 Å². The maximum atomic E-state index is 13.1. The van der Waals surface area contributed by atoms with E-state index in [1.165, 1.54) is 12.1 Å². The summed E-state index contributed by atoms with van der Waals surface area (Å²) in [6.07, 6.45) is 0. The molecule has 0 unspecified atom stereocenters. The van der Waals surface area contributed by atoms with E-state index in [2.05, 4.69) is 6.92 Å². The van der Waals surface area contributed by atoms with Crippen LogP contribution in [0.15, 0.2) is 18.2 Å². The zero-order chi connectivity index (χ0) is 11.0. The molecule has 1 aliphatic rings. The Morgan fingerprint density at radius 1 is 1.53 bits per heavy atom. The van der Waals surface area contributed by atoms with Crippen molar-refractivity contribution in [3.63, 3.8) is 0 Å². The van der Waals surface area contributed by atoms with Gasteiger partial charge >= 0.3 is 0 Å². The molecule has 1 fully saturated rings. The van der Waals surface area contributed by atoms with Gasteiger partial charge < -0.3 is 10.6 Å². The highest BCUT2D eigenvalue weighted by Gasteiger charge is 2.27. The van der Waals surface area contributed by atoms with E-state index >= 15 is 0 Å². The fourth-order valence-corrected chi connectivity index (χ4v) is 1.71. The van der Waals surface area contributed by atoms with Crippen LogP contribution in [-0.4, -0.2) is 23.9 Å². The lowest BCUT2D eigenvalue weighted by Crippen LogP contribution is -2.48. The van der Waals surface area contributed by atoms with Crippen molar-refractivity contribution in [1.82, 2.24) is 4.90 Å². The number of rotatable bonds is 1. The number of nitrogen functional groups attached to an aromatic ring is 1. The van der Waals surface area contributed by atoms with Gasteiger partial charge in [0.05, 0.1) is 5.69 Å². The second kappa shape index (κ2) is 3.53. The molecule has 1 saturated heterocycles. The highest BCUT2D eigenvalue weighted by molar-refractivity contribution is 5.95. The van der Waals surface area contributed by atoms with Crippen LogP contribution in [-0.2, 0) is 0 Å². The average Bonchev–Trinajstić information content (AvgIpc) is 2.16. The van der Waals surface area contributed by atoms with Crippen LogP contribution in [0.1, 0.15) is 17.3 Å². The second-order valence-electron chi connectivity index (χ2n) is 4.05. The number of nitrogens with zero attached hydrogens (tertiary/aromatic N) is 1. The number of hydrogen-bond acceptors (Lipinski definition) is 2. The van der Waals surface area contributed by atoms with Gasteiger partial charge in [-0.2, -0.15) is 0 Å². The smallest absolute Gasteiger partial charge is 0.253 e. The fraction of sp³-hybridized carbons (Fsp3) is 0.364. The first kappa shape index (κ1) is 9.96. The van der Waals surface area contributed by atoms with E-state index in [1.807, 2.05) is 0 Å². The van der Waals surface area contributed by atoms with Crippen molar-refractivity contribution in [2.75, 3.05) is 18.8 Å². The van der Waals surface area contributed by atoms with Crippen molar-refractivity contribution in [2.24, 2.45) is 5.92 Å². The van der Waals surface area contributed by atoms with Crippen LogP contribution in [0, 0.1) is 11.7 Å². The zero-order valence-electron chi connectivity index (χ0n) is 8.53. The number of carbonyl (C=O) groups excluding carboxylic acids is 1. The summed E-state index contributed by atoms with van der Waals surface area (Å²) in [7, 11) is 0. The summed E-state index contributed by atoms with van der Waals surface area (Å²) >= 11 is 0. The van der Waals surface area contributed by atoms with Gasteiger partial charge in [-0.1, -0.05) is 6.92 Å². The minimum absolute atomic E-state index is 0.0727. The number of carbonyl (C=O) groups is 1. The number of benzene rings is 1. The number of hydrogen-bond donors (Lipinski definition) is 1. The van der Waals surface area contributed by atoms with Crippen LogP contribution < -0.4 is 5.73 Å². The SMILES string of the molecule is CC1CN(C(=O)c2ccc(N)c(F)c2)C1. The molecule has 4 heteroatoms. The number of halogens is 1. The van der Waals surface area contributed by atoms with Gasteiger partial charge in [0.15, 0.2) is 0 Å². The fourth-order valence-electron chi connectivity index (χ4n) is 1.71. The lowest BCUT2D eigenvalue weighted by Gasteiger charge is -2.37. The molecule has 1 aliphatic heterocycles. The third-order valence-electron chi connectivity index (χ3n) is 2.60. The van der Waals surface area contributed by atoms with Crippen LogP contribution in [0.2, 0.25) is 0 Å². The number of amides is 1. The summed E-state index contributed by atoms with van der Waals surface area (Å²) in [6.45, 7) is 3.59. The monoisotopic (exact) mass is 208 g/mol. The van der Waals surface area contributed by atoms with Crippen molar-refractivity contribution < 1.29 is 9.18 Å². The Labute approximate surface area is 87.7 Å². The number of likely N-dealkylation sites (tertiary alicyclic amines) is 1. The van der Waals surface area contributed by atoms with Gasteiger partial charge in [0.1, 0.15) is 5.82 Å². The van der Waals surface area contributed by atoms with E-state index in [0.717, 1.165) is 13.1 Å². The Morgan fingerprint density at radius 3 is 2.73 bits per heavy atom. The van der Waals surface area contributed by atoms with Crippen LogP contribution in [0.4, 0.5) is 10.1 Å². The molecule has 0 atom stereocenters. The molecule has 0 aromatic heterocycles. The molecular formula is C11H13FN2O. The first-order valence-corrected chi connectivity index (χ1v) is 4.92. The molecule has 0 saturated carbocycles. The largest absolute Gasteiger partial charge is 0.396 e. The molecule has 1 aromatic rings. The molecule has 0 aliphatic carbocycles. The molecule has 3 nitrogen and oxygen atoms in total. The normalized spacial score (nSPS) is 16.3. The van der Waals surface area contributed by atoms with E-state index in [0.29, 0.717) is 11.5 Å². The standard InChI is InChI=1S/C11H13FN2O/c1-7-5-14(6-7)11(15)8-2-3-10(13)9(12)4-8/h2-4,7H,5-6,13H2,1H3. The highest BCUT2D eigenvalue weighted by atomic mass is 19.1. The number of nitrogens with two attached hydrogens (primary N) is 1. The van der Waals surface area contributed by atoms with Crippen molar-refractivity contribution >= 4 is 11.6 Å². The molecule has 2 rings (SSSR count). The van der Waals surface area contributed by atoms with Crippen molar-refractivity contribution in [3.8, 4) is 0 Å². The van der Waals surface area contributed by atoms with Crippen LogP contribution in [0.25, 0.3) is 0 Å². The zero-order valence-corrected chi connectivity index (χ0v) is 8.53. The van der Waals surface area contributed by atoms with Gasteiger partial charge in [-0.15, -0.1) is 0 Å². The van der Waals surface area contributed by atoms with E-state index in [9.17, 15) is 9.18 Å². The van der Waals surface area contributed by atoms with E-state index in [1.54, 1.807) is 11.0 Å². The minimum Gasteiger partial charge on any atom is -0.396 e. The van der Waals surface area contributed by atoms with Crippen molar-refractivity contribution in [3.05, 3.63) is 29.6 Å². The Hall–Kier alpha value is -1.58. The first-order valence-electron chi connectivity index (χ1n) is 4.92. The third-order valence-corrected chi connectivity index (χ3v) is 2.60. The van der Waals surface area contributed by atoms with Gasteiger partial charge in [0.2, 0.25) is 0 Å². The average molecular weight is 208 g/mol. The summed E-state index contributed by atoms with van der Waals surface area (Å²) in [5.41, 5.74) is 5.78. The first-order chi connectivity index (χ1) is 7.08. The molecule has 0 bridgehead atoms. The summed E-state index contributed by atoms with van der Waals surface area (Å²) in [4.78, 5) is 13.5. The molecule has 1 amide bonds. The third kappa shape index (κ3) is 1.79. The molecular weight excluding hydrogens is 195 g/mol. The Balaban J connectivity index is 2.16. The van der Waals surface area contributed by atoms with Gasteiger partial charge in [0.25, 0.3) is 5.91 Å². The van der Waals surface area contributed by atoms with Gasteiger partial charge in [-0.25, -0.2) is 4.39 Å². The molecule has 1 aromatic carbocycles. The summed E-state index contributed by atoms with van der Waals surface area (Å²) in [6, 6.07) is 4.18. The molecule has 1 heterocycles. The quantitative estimate of drug-likeness (QED) is 0.711. The second-order valence-corrected chi connectivity index (χ2v) is 4.05. The van der Waals surface area contributed by atoms with Crippen molar-refractivity contribution in [1.29, 1.82) is 0 Å². The van der Waals surface area contributed by atoms with Crippen molar-refractivity contribution in [2.45, 2.75) is 6.92 Å². The Morgan fingerprint density at radius 2 is 2.20 bits per heavy atom. The Kier molecular flexibility index (Phi) is 2.34. The topological polar surface area (TPSA) is 46.3 Å². The lowest BCUT2D eigenvalue weighted by molar-refractivity contribution is 0.0530. The molecule has 0 radical (unpaired) electrons. The lowest BCUT2D eigenvalue weighted by atomic mass is 10.0.